The summed E-state index contributed by atoms with van der Waals surface area (Å²) in [5, 5.41) is 3.37. The zero-order chi connectivity index (χ0) is 13.3. The lowest BCUT2D eigenvalue weighted by molar-refractivity contribution is 0.302. The van der Waals surface area contributed by atoms with Crippen molar-refractivity contribution in [3.05, 3.63) is 0 Å². The van der Waals surface area contributed by atoms with E-state index in [0.29, 0.717) is 11.1 Å². The maximum absolute atomic E-state index is 6.25. The molecule has 0 saturated heterocycles. The lowest BCUT2D eigenvalue weighted by atomic mass is 10.4. The van der Waals surface area contributed by atoms with E-state index in [1.807, 2.05) is 0 Å². The van der Waals surface area contributed by atoms with E-state index in [2.05, 4.69) is 39.9 Å². The number of nitrogens with one attached hydrogen (secondary N) is 1. The quantitative estimate of drug-likeness (QED) is 0.469. The van der Waals surface area contributed by atoms with Crippen LogP contribution in [0.1, 0.15) is 41.0 Å². The van der Waals surface area contributed by atoms with Gasteiger partial charge in [0.2, 0.25) is 0 Å². The molecular formula is C13H32N2OSi. The number of hydrogen-bond acceptors (Lipinski definition) is 3. The Morgan fingerprint density at radius 2 is 1.71 bits per heavy atom. The van der Waals surface area contributed by atoms with Gasteiger partial charge in [0.15, 0.2) is 8.32 Å². The molecule has 3 nitrogen and oxygen atoms in total. The molecule has 0 spiro atoms. The molecule has 0 rings (SSSR count). The summed E-state index contributed by atoms with van der Waals surface area (Å²) in [6, 6.07) is 1.26. The second-order valence-corrected chi connectivity index (χ2v) is 10.3. The van der Waals surface area contributed by atoms with Crippen LogP contribution in [0.25, 0.3) is 0 Å². The van der Waals surface area contributed by atoms with Crippen molar-refractivity contribution < 1.29 is 4.43 Å². The van der Waals surface area contributed by atoms with Gasteiger partial charge in [0.05, 0.1) is 0 Å². The van der Waals surface area contributed by atoms with Gasteiger partial charge in [0.25, 0.3) is 0 Å². The average Bonchev–Trinajstić information content (AvgIpc) is 2.26. The minimum Gasteiger partial charge on any atom is -0.417 e. The second-order valence-electron chi connectivity index (χ2n) is 5.34. The van der Waals surface area contributed by atoms with E-state index in [4.69, 9.17) is 10.2 Å². The molecule has 0 aliphatic carbocycles. The molecule has 3 N–H and O–H groups in total. The first-order chi connectivity index (χ1) is 8.01. The van der Waals surface area contributed by atoms with E-state index in [-0.39, 0.29) is 0 Å². The highest BCUT2D eigenvalue weighted by Gasteiger charge is 2.40. The highest BCUT2D eigenvalue weighted by Crippen LogP contribution is 2.37. The van der Waals surface area contributed by atoms with Crippen LogP contribution in [0.2, 0.25) is 17.1 Å². The summed E-state index contributed by atoms with van der Waals surface area (Å²) in [4.78, 5) is 0. The molecule has 4 heteroatoms. The van der Waals surface area contributed by atoms with Gasteiger partial charge < -0.3 is 15.5 Å². The number of nitrogens with two attached hydrogens (primary N) is 1. The van der Waals surface area contributed by atoms with Crippen LogP contribution >= 0.6 is 0 Å². The summed E-state index contributed by atoms with van der Waals surface area (Å²) in [5.41, 5.74) is 6.85. The van der Waals surface area contributed by atoms with Gasteiger partial charge in [-0.05, 0) is 37.0 Å². The predicted octanol–water partition coefficient (Wildman–Crippen LogP) is 2.73. The van der Waals surface area contributed by atoms with Crippen LogP contribution in [-0.4, -0.2) is 34.6 Å². The lowest BCUT2D eigenvalue weighted by Gasteiger charge is -2.38. The van der Waals surface area contributed by atoms with Gasteiger partial charge in [-0.25, -0.2) is 0 Å². The maximum atomic E-state index is 6.25. The van der Waals surface area contributed by atoms with Gasteiger partial charge >= 0.3 is 0 Å². The summed E-state index contributed by atoms with van der Waals surface area (Å²) >= 11 is 0. The van der Waals surface area contributed by atoms with E-state index in [1.54, 1.807) is 0 Å². The Hall–Kier alpha value is 0.0969. The molecule has 0 fully saturated rings. The Morgan fingerprint density at radius 1 is 1.12 bits per heavy atom. The van der Waals surface area contributed by atoms with E-state index >= 15 is 0 Å². The van der Waals surface area contributed by atoms with E-state index in [0.717, 1.165) is 26.2 Å². The fourth-order valence-corrected chi connectivity index (χ4v) is 7.20. The molecule has 0 amide bonds. The number of hydrogen-bond donors (Lipinski definition) is 2. The molecule has 0 aromatic rings. The van der Waals surface area contributed by atoms with Crippen LogP contribution in [0, 0.1) is 0 Å². The largest absolute Gasteiger partial charge is 0.417 e. The van der Waals surface area contributed by atoms with Gasteiger partial charge in [-0.3, -0.25) is 0 Å². The SMILES string of the molecule is CCO[Si](CCCNCCN)(C(C)C)C(C)C. The molecule has 0 saturated carbocycles. The summed E-state index contributed by atoms with van der Waals surface area (Å²) in [7, 11) is -1.58. The zero-order valence-corrected chi connectivity index (χ0v) is 13.4. The van der Waals surface area contributed by atoms with Gasteiger partial charge in [0, 0.05) is 19.7 Å². The minimum atomic E-state index is -1.58. The highest BCUT2D eigenvalue weighted by atomic mass is 28.4. The Balaban J connectivity index is 4.27. The van der Waals surface area contributed by atoms with Crippen LogP contribution in [0.15, 0.2) is 0 Å². The van der Waals surface area contributed by atoms with Gasteiger partial charge in [-0.1, -0.05) is 27.7 Å². The fraction of sp³-hybridized carbons (Fsp3) is 1.00. The van der Waals surface area contributed by atoms with Gasteiger partial charge in [-0.15, -0.1) is 0 Å². The molecule has 0 aliphatic heterocycles. The molecule has 17 heavy (non-hydrogen) atoms. The third kappa shape index (κ3) is 5.51. The van der Waals surface area contributed by atoms with Crippen molar-refractivity contribution in [1.82, 2.24) is 5.32 Å². The summed E-state index contributed by atoms with van der Waals surface area (Å²) < 4.78 is 6.25. The summed E-state index contributed by atoms with van der Waals surface area (Å²) in [5.74, 6) is 0. The van der Waals surface area contributed by atoms with Crippen molar-refractivity contribution in [2.45, 2.75) is 58.2 Å². The fourth-order valence-electron chi connectivity index (χ4n) is 2.63. The van der Waals surface area contributed by atoms with Crippen LogP contribution in [-0.2, 0) is 4.43 Å². The molecule has 0 aromatic carbocycles. The normalized spacial score (nSPS) is 12.7. The van der Waals surface area contributed by atoms with Crippen molar-refractivity contribution in [1.29, 1.82) is 0 Å². The molecule has 104 valence electrons. The number of rotatable bonds is 10. The first-order valence-corrected chi connectivity index (χ1v) is 9.33. The van der Waals surface area contributed by atoms with Crippen LogP contribution in [0.4, 0.5) is 0 Å². The molecule has 0 atom stereocenters. The van der Waals surface area contributed by atoms with Crippen molar-refractivity contribution in [2.75, 3.05) is 26.2 Å². The Labute approximate surface area is 109 Å². The van der Waals surface area contributed by atoms with E-state index < -0.39 is 8.32 Å². The Morgan fingerprint density at radius 3 is 2.12 bits per heavy atom. The zero-order valence-electron chi connectivity index (χ0n) is 12.4. The van der Waals surface area contributed by atoms with E-state index in [1.165, 1.54) is 12.5 Å². The van der Waals surface area contributed by atoms with Crippen LogP contribution in [0.5, 0.6) is 0 Å². The maximum Gasteiger partial charge on any atom is 0.197 e. The average molecular weight is 260 g/mol. The van der Waals surface area contributed by atoms with Crippen LogP contribution in [0.3, 0.4) is 0 Å². The highest BCUT2D eigenvalue weighted by molar-refractivity contribution is 6.76. The molecule has 0 radical (unpaired) electrons. The summed E-state index contributed by atoms with van der Waals surface area (Å²) in [6.45, 7) is 15.0. The third-order valence-corrected chi connectivity index (χ3v) is 9.48. The Kier molecular flexibility index (Phi) is 9.14. The molecular weight excluding hydrogens is 228 g/mol. The molecule has 0 aliphatic rings. The lowest BCUT2D eigenvalue weighted by Crippen LogP contribution is -2.45. The van der Waals surface area contributed by atoms with Gasteiger partial charge in [0.1, 0.15) is 0 Å². The monoisotopic (exact) mass is 260 g/mol. The first-order valence-electron chi connectivity index (χ1n) is 7.06. The van der Waals surface area contributed by atoms with Crippen molar-refractivity contribution in [2.24, 2.45) is 5.73 Å². The molecule has 0 heterocycles. The first kappa shape index (κ1) is 17.1. The smallest absolute Gasteiger partial charge is 0.197 e. The molecule has 0 aromatic heterocycles. The standard InChI is InChI=1S/C13H32N2OSi/c1-6-16-17(12(2)3,13(4)5)11-7-9-15-10-8-14/h12-13,15H,6-11,14H2,1-5H3. The predicted molar refractivity (Wildman–Crippen MR) is 78.9 cm³/mol. The molecule has 0 bridgehead atoms. The minimum absolute atomic E-state index is 0.692. The topological polar surface area (TPSA) is 47.3 Å². The van der Waals surface area contributed by atoms with E-state index in [9.17, 15) is 0 Å². The Bertz CT molecular complexity index is 178. The second kappa shape index (κ2) is 9.08. The van der Waals surface area contributed by atoms with Gasteiger partial charge in [-0.2, -0.15) is 0 Å². The van der Waals surface area contributed by atoms with Crippen molar-refractivity contribution >= 4 is 8.32 Å². The third-order valence-electron chi connectivity index (χ3n) is 3.61. The molecule has 0 unspecified atom stereocenters. The van der Waals surface area contributed by atoms with Crippen LogP contribution < -0.4 is 11.1 Å². The van der Waals surface area contributed by atoms with Crippen molar-refractivity contribution in [3.8, 4) is 0 Å². The summed E-state index contributed by atoms with van der Waals surface area (Å²) in [6.07, 6.45) is 1.21. The van der Waals surface area contributed by atoms with Crippen molar-refractivity contribution in [3.63, 3.8) is 0 Å².